The predicted molar refractivity (Wildman–Crippen MR) is 195 cm³/mol. The molecule has 1 nitrogen and oxygen atoms in total. The van der Waals surface area contributed by atoms with Gasteiger partial charge in [0, 0.05) is 42.6 Å². The molecule has 0 saturated heterocycles. The third-order valence-corrected chi connectivity index (χ3v) is 10.8. The van der Waals surface area contributed by atoms with Crippen LogP contribution in [0.2, 0.25) is 0 Å². The zero-order chi connectivity index (χ0) is 30.1. The normalized spacial score (nSPS) is 13.3. The number of thiophene rings is 1. The summed E-state index contributed by atoms with van der Waals surface area (Å²) in [6.07, 6.45) is 0. The minimum Gasteiger partial charge on any atom is -0.310 e. The largest absolute Gasteiger partial charge is 0.310 e. The van der Waals surface area contributed by atoms with Crippen molar-refractivity contribution in [1.29, 1.82) is 0 Å². The lowest BCUT2D eigenvalue weighted by Gasteiger charge is -2.28. The SMILES string of the molecule is CC1(C)c2ccccc2-c2ccc(N(c3ccccc3)c3cccc(-c4cccc5c4ccc4sc6ccccc6c45)c3)cc21. The van der Waals surface area contributed by atoms with Crippen LogP contribution >= 0.6 is 11.3 Å². The molecule has 0 atom stereocenters. The molecule has 0 aliphatic heterocycles. The first-order valence-electron chi connectivity index (χ1n) is 15.6. The molecule has 8 aromatic rings. The lowest BCUT2D eigenvalue weighted by atomic mass is 9.82. The van der Waals surface area contributed by atoms with Gasteiger partial charge in [-0.3, -0.25) is 0 Å². The van der Waals surface area contributed by atoms with Crippen molar-refractivity contribution in [3.63, 3.8) is 0 Å². The quantitative estimate of drug-likeness (QED) is 0.196. The van der Waals surface area contributed by atoms with E-state index in [0.717, 1.165) is 11.4 Å². The maximum absolute atomic E-state index is 2.41. The summed E-state index contributed by atoms with van der Waals surface area (Å²) in [6.45, 7) is 4.70. The van der Waals surface area contributed by atoms with Crippen molar-refractivity contribution >= 4 is 59.3 Å². The zero-order valence-electron chi connectivity index (χ0n) is 25.3. The summed E-state index contributed by atoms with van der Waals surface area (Å²) in [6, 6.07) is 55.8. The molecular formula is C43H31NS. The molecule has 0 fully saturated rings. The van der Waals surface area contributed by atoms with E-state index in [-0.39, 0.29) is 5.41 Å². The number of anilines is 3. The van der Waals surface area contributed by atoms with E-state index in [4.69, 9.17) is 0 Å². The highest BCUT2D eigenvalue weighted by Crippen LogP contribution is 2.51. The van der Waals surface area contributed by atoms with Gasteiger partial charge in [0.1, 0.15) is 0 Å². The van der Waals surface area contributed by atoms with E-state index in [1.807, 2.05) is 11.3 Å². The molecule has 1 heterocycles. The van der Waals surface area contributed by atoms with Gasteiger partial charge < -0.3 is 4.90 Å². The van der Waals surface area contributed by atoms with Gasteiger partial charge in [0.05, 0.1) is 0 Å². The Labute approximate surface area is 267 Å². The Balaban J connectivity index is 1.22. The van der Waals surface area contributed by atoms with Gasteiger partial charge in [-0.25, -0.2) is 0 Å². The van der Waals surface area contributed by atoms with Gasteiger partial charge >= 0.3 is 0 Å². The number of benzene rings is 7. The van der Waals surface area contributed by atoms with E-state index < -0.39 is 0 Å². The van der Waals surface area contributed by atoms with Gasteiger partial charge in [0.15, 0.2) is 0 Å². The second-order valence-electron chi connectivity index (χ2n) is 12.6. The molecule has 7 aromatic carbocycles. The Kier molecular flexibility index (Phi) is 5.78. The van der Waals surface area contributed by atoms with Gasteiger partial charge in [0.25, 0.3) is 0 Å². The van der Waals surface area contributed by atoms with Crippen LogP contribution in [0, 0.1) is 0 Å². The summed E-state index contributed by atoms with van der Waals surface area (Å²) >= 11 is 1.88. The molecule has 9 rings (SSSR count). The highest BCUT2D eigenvalue weighted by atomic mass is 32.1. The minimum atomic E-state index is -0.0632. The van der Waals surface area contributed by atoms with E-state index in [1.165, 1.54) is 70.0 Å². The maximum Gasteiger partial charge on any atom is 0.0467 e. The summed E-state index contributed by atoms with van der Waals surface area (Å²) in [7, 11) is 0. The molecule has 0 bridgehead atoms. The second kappa shape index (κ2) is 9.92. The second-order valence-corrected chi connectivity index (χ2v) is 13.6. The number of para-hydroxylation sites is 1. The molecule has 45 heavy (non-hydrogen) atoms. The monoisotopic (exact) mass is 593 g/mol. The maximum atomic E-state index is 2.41. The van der Waals surface area contributed by atoms with Crippen LogP contribution in [-0.4, -0.2) is 0 Å². The Morgan fingerprint density at radius 1 is 0.444 bits per heavy atom. The van der Waals surface area contributed by atoms with E-state index in [9.17, 15) is 0 Å². The lowest BCUT2D eigenvalue weighted by Crippen LogP contribution is -2.16. The van der Waals surface area contributed by atoms with Gasteiger partial charge in [-0.05, 0) is 92.7 Å². The molecule has 1 aromatic heterocycles. The molecule has 0 spiro atoms. The molecule has 2 heteroatoms. The molecule has 0 unspecified atom stereocenters. The lowest BCUT2D eigenvalue weighted by molar-refractivity contribution is 0.660. The topological polar surface area (TPSA) is 3.24 Å². The van der Waals surface area contributed by atoms with Crippen molar-refractivity contribution in [1.82, 2.24) is 0 Å². The standard InChI is InChI=1S/C43H31NS/c1-43(2)38-20-8-6-16-34(38)35-23-22-31(27-39(35)43)44(29-13-4-3-5-14-29)30-15-10-12-28(26-30)32-18-11-19-36-33(32)24-25-41-42(36)37-17-7-9-21-40(37)45-41/h3-27H,1-2H3. The van der Waals surface area contributed by atoms with Crippen LogP contribution in [0.1, 0.15) is 25.0 Å². The molecule has 0 N–H and O–H groups in total. The molecule has 0 saturated carbocycles. The average Bonchev–Trinajstić information content (AvgIpc) is 3.58. The fraction of sp³-hybridized carbons (Fsp3) is 0.0698. The first-order valence-corrected chi connectivity index (χ1v) is 16.4. The van der Waals surface area contributed by atoms with Crippen molar-refractivity contribution in [2.75, 3.05) is 4.90 Å². The summed E-state index contributed by atoms with van der Waals surface area (Å²) < 4.78 is 2.68. The predicted octanol–water partition coefficient (Wildman–Crippen LogP) is 12.7. The Morgan fingerprint density at radius 2 is 1.13 bits per heavy atom. The Hall–Kier alpha value is -5.18. The number of fused-ring (bicyclic) bond motifs is 8. The van der Waals surface area contributed by atoms with Crippen LogP contribution in [0.15, 0.2) is 152 Å². The number of nitrogens with zero attached hydrogens (tertiary/aromatic N) is 1. The molecule has 1 aliphatic rings. The third-order valence-electron chi connectivity index (χ3n) is 9.65. The minimum absolute atomic E-state index is 0.0632. The van der Waals surface area contributed by atoms with Crippen molar-refractivity contribution < 1.29 is 0 Å². The van der Waals surface area contributed by atoms with Gasteiger partial charge in [-0.1, -0.05) is 117 Å². The van der Waals surface area contributed by atoms with Crippen LogP contribution in [0.25, 0.3) is 53.2 Å². The van der Waals surface area contributed by atoms with Gasteiger partial charge in [-0.15, -0.1) is 11.3 Å². The first-order chi connectivity index (χ1) is 22.1. The van der Waals surface area contributed by atoms with Crippen LogP contribution in [0.4, 0.5) is 17.1 Å². The van der Waals surface area contributed by atoms with Crippen molar-refractivity contribution in [2.24, 2.45) is 0 Å². The third kappa shape index (κ3) is 3.99. The van der Waals surface area contributed by atoms with Gasteiger partial charge in [-0.2, -0.15) is 0 Å². The van der Waals surface area contributed by atoms with Gasteiger partial charge in [0.2, 0.25) is 0 Å². The van der Waals surface area contributed by atoms with Crippen LogP contribution < -0.4 is 4.90 Å². The zero-order valence-corrected chi connectivity index (χ0v) is 26.1. The Morgan fingerprint density at radius 3 is 2.04 bits per heavy atom. The van der Waals surface area contributed by atoms with Crippen LogP contribution in [-0.2, 0) is 5.41 Å². The summed E-state index contributed by atoms with van der Waals surface area (Å²) in [5, 5.41) is 5.30. The van der Waals surface area contributed by atoms with Crippen LogP contribution in [0.3, 0.4) is 0 Å². The summed E-state index contributed by atoms with van der Waals surface area (Å²) in [4.78, 5) is 2.40. The fourth-order valence-corrected chi connectivity index (χ4v) is 8.62. The van der Waals surface area contributed by atoms with Crippen molar-refractivity contribution in [2.45, 2.75) is 19.3 Å². The van der Waals surface area contributed by atoms with E-state index in [1.54, 1.807) is 0 Å². The highest BCUT2D eigenvalue weighted by molar-refractivity contribution is 7.26. The molecular weight excluding hydrogens is 563 g/mol. The Bertz CT molecular complexity index is 2410. The highest BCUT2D eigenvalue weighted by Gasteiger charge is 2.35. The molecule has 214 valence electrons. The van der Waals surface area contributed by atoms with E-state index in [2.05, 4.69) is 170 Å². The summed E-state index contributed by atoms with van der Waals surface area (Å²) in [5.41, 5.74) is 11.3. The molecule has 1 aliphatic carbocycles. The van der Waals surface area contributed by atoms with E-state index >= 15 is 0 Å². The van der Waals surface area contributed by atoms with Crippen LogP contribution in [0.5, 0.6) is 0 Å². The van der Waals surface area contributed by atoms with Crippen molar-refractivity contribution in [3.05, 3.63) is 163 Å². The number of hydrogen-bond donors (Lipinski definition) is 0. The fourth-order valence-electron chi connectivity index (χ4n) is 7.50. The first kappa shape index (κ1) is 26.2. The van der Waals surface area contributed by atoms with Crippen molar-refractivity contribution in [3.8, 4) is 22.3 Å². The average molecular weight is 594 g/mol. The number of rotatable bonds is 4. The van der Waals surface area contributed by atoms with E-state index in [0.29, 0.717) is 0 Å². The molecule has 0 amide bonds. The number of hydrogen-bond acceptors (Lipinski definition) is 2. The molecule has 0 radical (unpaired) electrons. The summed E-state index contributed by atoms with van der Waals surface area (Å²) in [5.74, 6) is 0. The smallest absolute Gasteiger partial charge is 0.0467 e.